The summed E-state index contributed by atoms with van der Waals surface area (Å²) < 4.78 is 5.87. The molecule has 8 nitrogen and oxygen atoms in total. The van der Waals surface area contributed by atoms with Crippen molar-refractivity contribution in [2.75, 3.05) is 7.11 Å². The van der Waals surface area contributed by atoms with Gasteiger partial charge >= 0.3 is 5.97 Å². The fourth-order valence-corrected chi connectivity index (χ4v) is 1.69. The molecule has 0 aliphatic carbocycles. The first-order valence-electron chi connectivity index (χ1n) is 4.56. The van der Waals surface area contributed by atoms with E-state index in [9.17, 15) is 4.79 Å². The molecule has 0 saturated heterocycles. The molecular formula is C8H8N6O2S. The van der Waals surface area contributed by atoms with Crippen molar-refractivity contribution in [2.45, 2.75) is 16.7 Å². The lowest BCUT2D eigenvalue weighted by molar-refractivity contribution is -0.141. The predicted molar refractivity (Wildman–Crippen MR) is 56.0 cm³/mol. The zero-order chi connectivity index (χ0) is 12.1. The molecule has 0 aliphatic heterocycles. The van der Waals surface area contributed by atoms with E-state index in [1.165, 1.54) is 23.6 Å². The van der Waals surface area contributed by atoms with Gasteiger partial charge < -0.3 is 4.74 Å². The minimum Gasteiger partial charge on any atom is -0.468 e. The highest BCUT2D eigenvalue weighted by Gasteiger charge is 2.12. The van der Waals surface area contributed by atoms with E-state index in [0.29, 0.717) is 10.2 Å². The number of ether oxygens (including phenoxy) is 1. The highest BCUT2D eigenvalue weighted by Crippen LogP contribution is 2.21. The largest absolute Gasteiger partial charge is 0.468 e. The quantitative estimate of drug-likeness (QED) is 0.689. The average Bonchev–Trinajstić information content (AvgIpc) is 2.78. The molecule has 0 radical (unpaired) electrons. The van der Waals surface area contributed by atoms with Crippen molar-refractivity contribution in [1.82, 2.24) is 30.2 Å². The Kier molecular flexibility index (Phi) is 3.60. The minimum absolute atomic E-state index is 0.0356. The predicted octanol–water partition coefficient (Wildman–Crippen LogP) is -0.213. The number of carbonyl (C=O) groups is 1. The van der Waals surface area contributed by atoms with Crippen LogP contribution in [0.3, 0.4) is 0 Å². The first kappa shape index (κ1) is 11.5. The van der Waals surface area contributed by atoms with Crippen molar-refractivity contribution in [3.05, 3.63) is 18.6 Å². The number of rotatable bonds is 4. The number of esters is 1. The highest BCUT2D eigenvalue weighted by molar-refractivity contribution is 7.99. The molecule has 0 amide bonds. The molecule has 0 spiro atoms. The van der Waals surface area contributed by atoms with E-state index >= 15 is 0 Å². The van der Waals surface area contributed by atoms with Crippen molar-refractivity contribution in [3.8, 4) is 0 Å². The molecule has 0 aromatic carbocycles. The number of hydrogen-bond acceptors (Lipinski definition) is 8. The first-order chi connectivity index (χ1) is 8.29. The third kappa shape index (κ3) is 2.97. The summed E-state index contributed by atoms with van der Waals surface area (Å²) in [5.41, 5.74) is 0. The van der Waals surface area contributed by atoms with Crippen LogP contribution in [0.1, 0.15) is 0 Å². The number of tetrazole rings is 1. The van der Waals surface area contributed by atoms with Crippen molar-refractivity contribution in [3.63, 3.8) is 0 Å². The van der Waals surface area contributed by atoms with E-state index in [1.807, 2.05) is 0 Å². The maximum absolute atomic E-state index is 11.1. The number of hydrogen-bond donors (Lipinski definition) is 0. The molecule has 0 aliphatic rings. The van der Waals surface area contributed by atoms with Gasteiger partial charge in [0, 0.05) is 12.4 Å². The van der Waals surface area contributed by atoms with E-state index < -0.39 is 5.97 Å². The highest BCUT2D eigenvalue weighted by atomic mass is 32.2. The minimum atomic E-state index is -0.418. The standard InChI is InChI=1S/C8H8N6O2S/c1-16-7(15)5-14-8(11-12-13-14)17-6-4-9-2-3-10-6/h2-4H,5H2,1H3. The van der Waals surface area contributed by atoms with Gasteiger partial charge in [0.15, 0.2) is 0 Å². The smallest absolute Gasteiger partial charge is 0.327 e. The molecule has 0 fully saturated rings. The molecule has 0 unspecified atom stereocenters. The van der Waals surface area contributed by atoms with Gasteiger partial charge in [-0.2, -0.15) is 0 Å². The molecule has 2 heterocycles. The molecule has 0 bridgehead atoms. The third-order valence-electron chi connectivity index (χ3n) is 1.74. The molecule has 0 N–H and O–H groups in total. The molecule has 0 atom stereocenters. The average molecular weight is 252 g/mol. The van der Waals surface area contributed by atoms with E-state index in [0.717, 1.165) is 0 Å². The summed E-state index contributed by atoms with van der Waals surface area (Å²) in [5.74, 6) is -0.418. The molecule has 9 heteroatoms. The maximum Gasteiger partial charge on any atom is 0.327 e. The summed E-state index contributed by atoms with van der Waals surface area (Å²) >= 11 is 1.22. The van der Waals surface area contributed by atoms with Crippen LogP contribution in [0.2, 0.25) is 0 Å². The topological polar surface area (TPSA) is 95.7 Å². The Morgan fingerprint density at radius 1 is 1.53 bits per heavy atom. The second kappa shape index (κ2) is 5.34. The SMILES string of the molecule is COC(=O)Cn1nnnc1Sc1cnccn1. The Bertz CT molecular complexity index is 502. The van der Waals surface area contributed by atoms with Gasteiger partial charge in [-0.25, -0.2) is 9.67 Å². The van der Waals surface area contributed by atoms with Crippen molar-refractivity contribution in [1.29, 1.82) is 0 Å². The Morgan fingerprint density at radius 3 is 3.12 bits per heavy atom. The Balaban J connectivity index is 2.12. The second-order valence-electron chi connectivity index (χ2n) is 2.84. The Morgan fingerprint density at radius 2 is 2.41 bits per heavy atom. The van der Waals surface area contributed by atoms with Crippen molar-refractivity contribution >= 4 is 17.7 Å². The van der Waals surface area contributed by atoms with Gasteiger partial charge in [0.25, 0.3) is 0 Å². The molecule has 88 valence electrons. The third-order valence-corrected chi connectivity index (χ3v) is 2.64. The lowest BCUT2D eigenvalue weighted by Gasteiger charge is -2.01. The van der Waals surface area contributed by atoms with Crippen molar-refractivity contribution in [2.24, 2.45) is 0 Å². The molecule has 2 aromatic heterocycles. The summed E-state index contributed by atoms with van der Waals surface area (Å²) in [7, 11) is 1.31. The molecular weight excluding hydrogens is 244 g/mol. The Hall–Kier alpha value is -2.03. The van der Waals surface area contributed by atoms with E-state index in [4.69, 9.17) is 0 Å². The first-order valence-corrected chi connectivity index (χ1v) is 5.38. The molecule has 17 heavy (non-hydrogen) atoms. The summed E-state index contributed by atoms with van der Waals surface area (Å²) in [6, 6.07) is 0. The van der Waals surface area contributed by atoms with Crippen molar-refractivity contribution < 1.29 is 9.53 Å². The van der Waals surface area contributed by atoms with Gasteiger partial charge in [-0.05, 0) is 22.2 Å². The zero-order valence-electron chi connectivity index (χ0n) is 8.85. The van der Waals surface area contributed by atoms with Gasteiger partial charge in [0.2, 0.25) is 5.16 Å². The summed E-state index contributed by atoms with van der Waals surface area (Å²) in [6.45, 7) is -0.0356. The van der Waals surface area contributed by atoms with Crippen LogP contribution in [0.4, 0.5) is 0 Å². The van der Waals surface area contributed by atoms with Crippen LogP contribution >= 0.6 is 11.8 Å². The van der Waals surface area contributed by atoms with Gasteiger partial charge in [0.05, 0.1) is 13.3 Å². The van der Waals surface area contributed by atoms with Crippen LogP contribution in [-0.2, 0) is 16.1 Å². The van der Waals surface area contributed by atoms with Gasteiger partial charge in [0.1, 0.15) is 11.6 Å². The van der Waals surface area contributed by atoms with Gasteiger partial charge in [-0.15, -0.1) is 5.10 Å². The van der Waals surface area contributed by atoms with E-state index in [2.05, 4.69) is 30.2 Å². The normalized spacial score (nSPS) is 10.2. The molecule has 0 saturated carbocycles. The fraction of sp³-hybridized carbons (Fsp3) is 0.250. The van der Waals surface area contributed by atoms with E-state index in [1.54, 1.807) is 18.6 Å². The van der Waals surface area contributed by atoms with Crippen LogP contribution < -0.4 is 0 Å². The summed E-state index contributed by atoms with van der Waals surface area (Å²) in [6.07, 6.45) is 4.72. The summed E-state index contributed by atoms with van der Waals surface area (Å²) in [5, 5.41) is 12.1. The van der Waals surface area contributed by atoms with Crippen LogP contribution in [0.25, 0.3) is 0 Å². The molecule has 2 rings (SSSR count). The summed E-state index contributed by atoms with van der Waals surface area (Å²) in [4.78, 5) is 19.1. The number of methoxy groups -OCH3 is 1. The lowest BCUT2D eigenvalue weighted by Crippen LogP contribution is -2.13. The lowest BCUT2D eigenvalue weighted by atomic mass is 10.7. The van der Waals surface area contributed by atoms with Crippen LogP contribution in [0, 0.1) is 0 Å². The Labute approximate surface area is 100 Å². The number of nitrogens with zero attached hydrogens (tertiary/aromatic N) is 6. The van der Waals surface area contributed by atoms with Crippen LogP contribution in [0.5, 0.6) is 0 Å². The van der Waals surface area contributed by atoms with E-state index in [-0.39, 0.29) is 6.54 Å². The number of carbonyl (C=O) groups excluding carboxylic acids is 1. The van der Waals surface area contributed by atoms with Gasteiger partial charge in [-0.1, -0.05) is 0 Å². The molecule has 2 aromatic rings. The zero-order valence-corrected chi connectivity index (χ0v) is 9.66. The maximum atomic E-state index is 11.1. The fourth-order valence-electron chi connectivity index (χ4n) is 0.987. The monoisotopic (exact) mass is 252 g/mol. The second-order valence-corrected chi connectivity index (χ2v) is 3.83. The van der Waals surface area contributed by atoms with Crippen LogP contribution in [-0.4, -0.2) is 43.3 Å². The number of aromatic nitrogens is 6. The van der Waals surface area contributed by atoms with Crippen LogP contribution in [0.15, 0.2) is 28.8 Å². The van der Waals surface area contributed by atoms with Gasteiger partial charge in [-0.3, -0.25) is 9.78 Å².